The molecule has 18 heavy (non-hydrogen) atoms. The van der Waals surface area contributed by atoms with Crippen molar-refractivity contribution in [1.82, 2.24) is 10.6 Å². The second kappa shape index (κ2) is 8.57. The molecule has 1 unspecified atom stereocenters. The molecule has 1 aliphatic heterocycles. The molecule has 0 radical (unpaired) electrons. The molecule has 3 amide bonds. The highest BCUT2D eigenvalue weighted by Crippen LogP contribution is 2.08. The summed E-state index contributed by atoms with van der Waals surface area (Å²) in [4.78, 5) is 21.5. The first-order chi connectivity index (χ1) is 8.68. The number of unbranched alkanes of at least 4 members (excludes halogenated alkanes) is 3. The van der Waals surface area contributed by atoms with Crippen molar-refractivity contribution >= 4 is 12.1 Å². The Morgan fingerprint density at radius 2 is 1.78 bits per heavy atom. The molecule has 1 saturated heterocycles. The van der Waals surface area contributed by atoms with Crippen molar-refractivity contribution in [2.24, 2.45) is 5.73 Å². The highest BCUT2D eigenvalue weighted by Gasteiger charge is 2.23. The molecule has 0 aromatic heterocycles. The summed E-state index contributed by atoms with van der Waals surface area (Å²) in [5.74, 6) is 0. The Morgan fingerprint density at radius 1 is 1.17 bits per heavy atom. The summed E-state index contributed by atoms with van der Waals surface area (Å²) in [6, 6.07) is -0.487. The van der Waals surface area contributed by atoms with Crippen LogP contribution >= 0.6 is 0 Å². The fourth-order valence-electron chi connectivity index (χ4n) is 1.39. The number of carbonyl (C=O) groups is 2. The lowest BCUT2D eigenvalue weighted by Crippen LogP contribution is -2.30. The zero-order valence-electron chi connectivity index (χ0n) is 10.4. The quantitative estimate of drug-likeness (QED) is 0.410. The van der Waals surface area contributed by atoms with E-state index < -0.39 is 6.03 Å². The highest BCUT2D eigenvalue weighted by molar-refractivity contribution is 5.71. The fraction of sp³-hybridized carbons (Fsp3) is 0.818. The molecular formula is C11H21N3O4. The van der Waals surface area contributed by atoms with Gasteiger partial charge in [0.25, 0.3) is 0 Å². The van der Waals surface area contributed by atoms with Crippen LogP contribution in [0.4, 0.5) is 9.59 Å². The van der Waals surface area contributed by atoms with Gasteiger partial charge in [-0.3, -0.25) is 0 Å². The molecule has 0 aromatic carbocycles. The molecule has 7 nitrogen and oxygen atoms in total. The van der Waals surface area contributed by atoms with E-state index in [0.29, 0.717) is 26.3 Å². The van der Waals surface area contributed by atoms with Gasteiger partial charge in [0, 0.05) is 13.1 Å². The molecule has 1 heterocycles. The van der Waals surface area contributed by atoms with Crippen LogP contribution in [-0.4, -0.2) is 44.5 Å². The lowest BCUT2D eigenvalue weighted by molar-refractivity contribution is 0.136. The van der Waals surface area contributed by atoms with Crippen LogP contribution in [0, 0.1) is 0 Å². The van der Waals surface area contributed by atoms with E-state index in [1.165, 1.54) is 0 Å². The van der Waals surface area contributed by atoms with Crippen molar-refractivity contribution in [1.29, 1.82) is 0 Å². The number of carbonyl (C=O) groups excluding carboxylic acids is 2. The normalized spacial score (nSPS) is 17.0. The number of urea groups is 1. The van der Waals surface area contributed by atoms with Crippen LogP contribution in [0.5, 0.6) is 0 Å². The van der Waals surface area contributed by atoms with Gasteiger partial charge >= 0.3 is 12.1 Å². The lowest BCUT2D eigenvalue weighted by Gasteiger charge is -2.05. The van der Waals surface area contributed by atoms with Crippen molar-refractivity contribution in [2.45, 2.75) is 31.8 Å². The maximum absolute atomic E-state index is 11.1. The number of ether oxygens (including phenoxy) is 2. The van der Waals surface area contributed by atoms with Gasteiger partial charge in [-0.15, -0.1) is 0 Å². The molecule has 7 heteroatoms. The number of hydrogen-bond donors (Lipinski definition) is 3. The number of epoxide rings is 1. The second-order valence-electron chi connectivity index (χ2n) is 4.19. The summed E-state index contributed by atoms with van der Waals surface area (Å²) in [5.41, 5.74) is 4.92. The van der Waals surface area contributed by atoms with Crippen molar-refractivity contribution in [2.75, 3.05) is 26.3 Å². The van der Waals surface area contributed by atoms with Gasteiger partial charge in [0.2, 0.25) is 0 Å². The molecule has 1 fully saturated rings. The zero-order valence-corrected chi connectivity index (χ0v) is 10.4. The monoisotopic (exact) mass is 259 g/mol. The number of primary amides is 1. The van der Waals surface area contributed by atoms with Crippen LogP contribution in [0.3, 0.4) is 0 Å². The van der Waals surface area contributed by atoms with E-state index in [2.05, 4.69) is 10.6 Å². The Labute approximate surface area is 106 Å². The van der Waals surface area contributed by atoms with Crippen molar-refractivity contribution in [3.05, 3.63) is 0 Å². The standard InChI is InChI=1S/C11H21N3O4/c12-10(15)13-5-3-1-2-4-6-14-11(16)18-8-9-7-17-9/h9H,1-8H2,(H,14,16)(H3,12,13,15). The van der Waals surface area contributed by atoms with Gasteiger partial charge in [0.1, 0.15) is 12.7 Å². The number of nitrogens with one attached hydrogen (secondary N) is 2. The van der Waals surface area contributed by atoms with Gasteiger partial charge in [0.05, 0.1) is 6.61 Å². The Balaban J connectivity index is 1.77. The van der Waals surface area contributed by atoms with Crippen LogP contribution in [-0.2, 0) is 9.47 Å². The molecule has 1 atom stereocenters. The summed E-state index contributed by atoms with van der Waals surface area (Å²) >= 11 is 0. The third-order valence-electron chi connectivity index (χ3n) is 2.47. The van der Waals surface area contributed by atoms with Gasteiger partial charge in [-0.25, -0.2) is 9.59 Å². The van der Waals surface area contributed by atoms with Crippen LogP contribution in [0.15, 0.2) is 0 Å². The largest absolute Gasteiger partial charge is 0.447 e. The highest BCUT2D eigenvalue weighted by atomic mass is 16.6. The first-order valence-electron chi connectivity index (χ1n) is 6.24. The van der Waals surface area contributed by atoms with E-state index in [9.17, 15) is 9.59 Å². The van der Waals surface area contributed by atoms with E-state index in [1.807, 2.05) is 0 Å². The number of nitrogens with two attached hydrogens (primary N) is 1. The Kier molecular flexibility index (Phi) is 6.93. The topological polar surface area (TPSA) is 106 Å². The molecule has 0 bridgehead atoms. The molecule has 0 spiro atoms. The van der Waals surface area contributed by atoms with Crippen LogP contribution in [0.2, 0.25) is 0 Å². The smallest absolute Gasteiger partial charge is 0.407 e. The Morgan fingerprint density at radius 3 is 2.33 bits per heavy atom. The average molecular weight is 259 g/mol. The van der Waals surface area contributed by atoms with Gasteiger partial charge in [-0.05, 0) is 12.8 Å². The Bertz CT molecular complexity index is 269. The van der Waals surface area contributed by atoms with E-state index in [4.69, 9.17) is 15.2 Å². The summed E-state index contributed by atoms with van der Waals surface area (Å²) in [6.07, 6.45) is 3.49. The molecule has 4 N–H and O–H groups in total. The summed E-state index contributed by atoms with van der Waals surface area (Å²) in [6.45, 7) is 2.23. The average Bonchev–Trinajstić information content (AvgIpc) is 3.13. The first-order valence-corrected chi connectivity index (χ1v) is 6.24. The predicted octanol–water partition coefficient (Wildman–Crippen LogP) is 0.340. The third kappa shape index (κ3) is 8.63. The SMILES string of the molecule is NC(=O)NCCCCCCNC(=O)OCC1CO1. The van der Waals surface area contributed by atoms with E-state index >= 15 is 0 Å². The van der Waals surface area contributed by atoms with E-state index in [1.54, 1.807) is 0 Å². The summed E-state index contributed by atoms with van der Waals surface area (Å²) in [5, 5.41) is 5.19. The summed E-state index contributed by atoms with van der Waals surface area (Å²) < 4.78 is 9.81. The molecular weight excluding hydrogens is 238 g/mol. The first kappa shape index (κ1) is 14.6. The minimum absolute atomic E-state index is 0.105. The minimum Gasteiger partial charge on any atom is -0.447 e. The molecule has 0 aromatic rings. The van der Waals surface area contributed by atoms with Crippen molar-refractivity contribution < 1.29 is 19.1 Å². The summed E-state index contributed by atoms with van der Waals surface area (Å²) in [7, 11) is 0. The Hall–Kier alpha value is -1.50. The maximum Gasteiger partial charge on any atom is 0.407 e. The maximum atomic E-state index is 11.1. The van der Waals surface area contributed by atoms with Crippen molar-refractivity contribution in [3.8, 4) is 0 Å². The molecule has 0 saturated carbocycles. The van der Waals surface area contributed by atoms with E-state index in [-0.39, 0.29) is 12.2 Å². The second-order valence-corrected chi connectivity index (χ2v) is 4.19. The van der Waals surface area contributed by atoms with Gasteiger partial charge in [-0.2, -0.15) is 0 Å². The van der Waals surface area contributed by atoms with E-state index in [0.717, 1.165) is 25.7 Å². The number of alkyl carbamates (subject to hydrolysis) is 1. The fourth-order valence-corrected chi connectivity index (χ4v) is 1.39. The zero-order chi connectivity index (χ0) is 13.2. The van der Waals surface area contributed by atoms with Crippen LogP contribution in [0.25, 0.3) is 0 Å². The number of rotatable bonds is 9. The van der Waals surface area contributed by atoms with Crippen LogP contribution in [0.1, 0.15) is 25.7 Å². The van der Waals surface area contributed by atoms with Gasteiger partial charge in [-0.1, -0.05) is 12.8 Å². The number of hydrogen-bond acceptors (Lipinski definition) is 4. The lowest BCUT2D eigenvalue weighted by atomic mass is 10.2. The third-order valence-corrected chi connectivity index (χ3v) is 2.47. The van der Waals surface area contributed by atoms with Gasteiger partial charge in [0.15, 0.2) is 0 Å². The minimum atomic E-state index is -0.487. The predicted molar refractivity (Wildman–Crippen MR) is 65.1 cm³/mol. The molecule has 1 rings (SSSR count). The molecule has 0 aliphatic carbocycles. The molecule has 1 aliphatic rings. The number of amides is 3. The molecule has 104 valence electrons. The van der Waals surface area contributed by atoms with Crippen LogP contribution < -0.4 is 16.4 Å². The van der Waals surface area contributed by atoms with Gasteiger partial charge < -0.3 is 25.8 Å². The van der Waals surface area contributed by atoms with Crippen molar-refractivity contribution in [3.63, 3.8) is 0 Å².